The van der Waals surface area contributed by atoms with Crippen LogP contribution < -0.4 is 0 Å². The van der Waals surface area contributed by atoms with Crippen LogP contribution in [0.3, 0.4) is 0 Å². The van der Waals surface area contributed by atoms with Gasteiger partial charge in [-0.1, -0.05) is 78.0 Å². The first-order valence-corrected chi connectivity index (χ1v) is 17.9. The third-order valence-corrected chi connectivity index (χ3v) is 11.1. The van der Waals surface area contributed by atoms with Crippen molar-refractivity contribution in [2.75, 3.05) is 12.8 Å². The number of benzene rings is 3. The van der Waals surface area contributed by atoms with Crippen LogP contribution in [-0.4, -0.2) is 35.9 Å². The van der Waals surface area contributed by atoms with Gasteiger partial charge in [-0.15, -0.1) is 11.3 Å². The Bertz CT molecular complexity index is 1880. The molecule has 0 saturated carbocycles. The van der Waals surface area contributed by atoms with Gasteiger partial charge in [0.1, 0.15) is 0 Å². The van der Waals surface area contributed by atoms with E-state index >= 15 is 0 Å². The zero-order valence-corrected chi connectivity index (χ0v) is 27.4. The summed E-state index contributed by atoms with van der Waals surface area (Å²) in [6.45, 7) is 1.63. The SMILES string of the molecule is CS(=O)(=O)c1cccc(-c2ccc(-c3cc(CN4CCCCCC4c4ccc(Cl)c(Cl)c4)nn3-c3ccccc3Cl)s2)c1. The van der Waals surface area contributed by atoms with Gasteiger partial charge in [-0.25, -0.2) is 13.1 Å². The number of rotatable bonds is 7. The van der Waals surface area contributed by atoms with E-state index in [9.17, 15) is 8.42 Å². The molecule has 1 saturated heterocycles. The fraction of sp³-hybridized carbons (Fsp3) is 0.242. The zero-order chi connectivity index (χ0) is 30.1. The molecule has 3 aromatic carbocycles. The maximum absolute atomic E-state index is 12.2. The summed E-state index contributed by atoms with van der Waals surface area (Å²) < 4.78 is 26.3. The van der Waals surface area contributed by atoms with Crippen molar-refractivity contribution in [1.82, 2.24) is 14.7 Å². The van der Waals surface area contributed by atoms with E-state index in [4.69, 9.17) is 39.9 Å². The maximum Gasteiger partial charge on any atom is 0.175 e. The molecule has 1 aliphatic heterocycles. The first kappa shape index (κ1) is 30.4. The van der Waals surface area contributed by atoms with Gasteiger partial charge >= 0.3 is 0 Å². The van der Waals surface area contributed by atoms with Gasteiger partial charge in [-0.3, -0.25) is 4.90 Å². The molecule has 2 aromatic heterocycles. The second-order valence-electron chi connectivity index (χ2n) is 10.9. The molecule has 0 radical (unpaired) electrons. The van der Waals surface area contributed by atoms with E-state index in [1.54, 1.807) is 29.5 Å². The summed E-state index contributed by atoms with van der Waals surface area (Å²) in [6, 6.07) is 27.2. The summed E-state index contributed by atoms with van der Waals surface area (Å²) in [6.07, 6.45) is 5.73. The van der Waals surface area contributed by atoms with E-state index in [0.717, 1.165) is 58.2 Å². The van der Waals surface area contributed by atoms with Gasteiger partial charge in [-0.2, -0.15) is 5.10 Å². The Morgan fingerprint density at radius 1 is 0.837 bits per heavy atom. The van der Waals surface area contributed by atoms with Gasteiger partial charge in [0, 0.05) is 23.7 Å². The Morgan fingerprint density at radius 3 is 2.44 bits per heavy atom. The highest BCUT2D eigenvalue weighted by Gasteiger charge is 2.25. The van der Waals surface area contributed by atoms with Gasteiger partial charge < -0.3 is 0 Å². The van der Waals surface area contributed by atoms with E-state index in [0.29, 0.717) is 26.5 Å². The highest BCUT2D eigenvalue weighted by Crippen LogP contribution is 2.39. The summed E-state index contributed by atoms with van der Waals surface area (Å²) in [5.41, 5.74) is 4.70. The number of aromatic nitrogens is 2. The Kier molecular flexibility index (Phi) is 9.01. The van der Waals surface area contributed by atoms with Crippen LogP contribution in [0.15, 0.2) is 89.8 Å². The molecular weight excluding hydrogens is 641 g/mol. The van der Waals surface area contributed by atoms with Crippen LogP contribution in [0.4, 0.5) is 0 Å². The van der Waals surface area contributed by atoms with Crippen molar-refractivity contribution in [1.29, 1.82) is 0 Å². The number of sulfone groups is 1. The van der Waals surface area contributed by atoms with E-state index in [1.165, 1.54) is 18.2 Å². The lowest BCUT2D eigenvalue weighted by Gasteiger charge is -2.30. The average Bonchev–Trinajstić information content (AvgIpc) is 3.57. The lowest BCUT2D eigenvalue weighted by atomic mass is 10.0. The van der Waals surface area contributed by atoms with E-state index in [1.807, 2.05) is 53.2 Å². The average molecular weight is 671 g/mol. The molecule has 5 nitrogen and oxygen atoms in total. The van der Waals surface area contributed by atoms with Gasteiger partial charge in [0.05, 0.1) is 41.9 Å². The van der Waals surface area contributed by atoms with Crippen molar-refractivity contribution in [3.8, 4) is 26.7 Å². The molecule has 0 N–H and O–H groups in total. The molecule has 6 rings (SSSR count). The minimum absolute atomic E-state index is 0.210. The molecule has 1 aliphatic rings. The Hall–Kier alpha value is -2.65. The lowest BCUT2D eigenvalue weighted by Crippen LogP contribution is -2.28. The minimum atomic E-state index is -3.31. The van der Waals surface area contributed by atoms with E-state index in [2.05, 4.69) is 23.1 Å². The highest BCUT2D eigenvalue weighted by molar-refractivity contribution is 7.90. The molecule has 3 heterocycles. The minimum Gasteiger partial charge on any atom is -0.290 e. The molecule has 0 bridgehead atoms. The summed E-state index contributed by atoms with van der Waals surface area (Å²) in [5.74, 6) is 0. The maximum atomic E-state index is 12.2. The molecule has 1 atom stereocenters. The van der Waals surface area contributed by atoms with E-state index < -0.39 is 9.84 Å². The molecule has 5 aromatic rings. The quantitative estimate of drug-likeness (QED) is 0.173. The lowest BCUT2D eigenvalue weighted by molar-refractivity contribution is 0.190. The number of halogens is 3. The number of likely N-dealkylation sites (tertiary alicyclic amines) is 1. The van der Waals surface area contributed by atoms with Crippen LogP contribution >= 0.6 is 46.1 Å². The van der Waals surface area contributed by atoms with Crippen molar-refractivity contribution >= 4 is 56.0 Å². The molecule has 1 unspecified atom stereocenters. The van der Waals surface area contributed by atoms with E-state index in [-0.39, 0.29) is 6.04 Å². The first-order valence-electron chi connectivity index (χ1n) is 14.1. The number of hydrogen-bond donors (Lipinski definition) is 0. The molecule has 0 amide bonds. The molecule has 0 spiro atoms. The van der Waals surface area contributed by atoms with Gasteiger partial charge in [0.2, 0.25) is 0 Å². The van der Waals surface area contributed by atoms with Crippen LogP contribution in [-0.2, 0) is 16.4 Å². The van der Waals surface area contributed by atoms with Crippen molar-refractivity contribution in [3.63, 3.8) is 0 Å². The standard InChI is InChI=1S/C33H30Cl3N3O2S2/c1-43(40,41)25-9-7-8-23(18-25)32-15-16-33(42-32)31-20-24(37-39(31)30-12-5-4-10-27(30)35)21-38-17-6-2-3-11-29(38)22-13-14-26(34)28(36)19-22/h4-5,7-10,12-16,18-20,29H,2-3,6,11,17,21H2,1H3. The number of para-hydroxylation sites is 1. The number of thiophene rings is 1. The van der Waals surface area contributed by atoms with Crippen LogP contribution in [0.5, 0.6) is 0 Å². The molecule has 222 valence electrons. The molecule has 10 heteroatoms. The Balaban J connectivity index is 1.38. The van der Waals surface area contributed by atoms with Crippen molar-refractivity contribution in [2.24, 2.45) is 0 Å². The van der Waals surface area contributed by atoms with Crippen LogP contribution in [0.2, 0.25) is 15.1 Å². The smallest absolute Gasteiger partial charge is 0.175 e. The molecule has 43 heavy (non-hydrogen) atoms. The monoisotopic (exact) mass is 669 g/mol. The molecular formula is C33H30Cl3N3O2S2. The van der Waals surface area contributed by atoms with Crippen LogP contribution in [0, 0.1) is 0 Å². The second-order valence-corrected chi connectivity index (χ2v) is 15.2. The predicted octanol–water partition coefficient (Wildman–Crippen LogP) is 9.75. The topological polar surface area (TPSA) is 55.2 Å². The normalized spacial score (nSPS) is 16.3. The van der Waals surface area contributed by atoms with Gasteiger partial charge in [0.15, 0.2) is 9.84 Å². The third kappa shape index (κ3) is 6.72. The van der Waals surface area contributed by atoms with Crippen molar-refractivity contribution < 1.29 is 8.42 Å². The summed E-state index contributed by atoms with van der Waals surface area (Å²) in [5, 5.41) is 6.85. The van der Waals surface area contributed by atoms with Crippen molar-refractivity contribution in [2.45, 2.75) is 43.2 Å². The van der Waals surface area contributed by atoms with Gasteiger partial charge in [-0.05, 0) is 85.1 Å². The summed E-state index contributed by atoms with van der Waals surface area (Å²) >= 11 is 20.9. The molecule has 0 aliphatic carbocycles. The zero-order valence-electron chi connectivity index (χ0n) is 23.5. The third-order valence-electron chi connectivity index (χ3n) is 7.80. The number of nitrogens with zero attached hydrogens (tertiary/aromatic N) is 3. The second kappa shape index (κ2) is 12.8. The van der Waals surface area contributed by atoms with Crippen LogP contribution in [0.1, 0.15) is 43.0 Å². The van der Waals surface area contributed by atoms with Gasteiger partial charge in [0.25, 0.3) is 0 Å². The Morgan fingerprint density at radius 2 is 1.65 bits per heavy atom. The predicted molar refractivity (Wildman–Crippen MR) is 179 cm³/mol. The fourth-order valence-corrected chi connectivity index (χ4v) is 7.86. The molecule has 1 fully saturated rings. The highest BCUT2D eigenvalue weighted by atomic mass is 35.5. The Labute approximate surface area is 271 Å². The van der Waals surface area contributed by atoms with Crippen LogP contribution in [0.25, 0.3) is 26.7 Å². The first-order chi connectivity index (χ1) is 20.7. The number of hydrogen-bond acceptors (Lipinski definition) is 5. The largest absolute Gasteiger partial charge is 0.290 e. The summed E-state index contributed by atoms with van der Waals surface area (Å²) in [4.78, 5) is 4.78. The fourth-order valence-electron chi connectivity index (χ4n) is 5.66. The summed E-state index contributed by atoms with van der Waals surface area (Å²) in [7, 11) is -3.31. The van der Waals surface area contributed by atoms with Crippen molar-refractivity contribution in [3.05, 3.63) is 111 Å².